The monoisotopic (exact) mass is 402 g/mol. The van der Waals surface area contributed by atoms with Gasteiger partial charge in [-0.15, -0.1) is 0 Å². The van der Waals surface area contributed by atoms with Crippen molar-refractivity contribution in [3.05, 3.63) is 52.7 Å². The number of benzene rings is 2. The third-order valence-corrected chi connectivity index (χ3v) is 4.04. The summed E-state index contributed by atoms with van der Waals surface area (Å²) in [6.07, 6.45) is 1.39. The molecule has 0 saturated heterocycles. The molecule has 1 aromatic heterocycles. The predicted octanol–water partition coefficient (Wildman–Crippen LogP) is 4.35. The van der Waals surface area contributed by atoms with Gasteiger partial charge in [-0.2, -0.15) is 5.10 Å². The lowest BCUT2D eigenvalue weighted by atomic mass is 10.2. The summed E-state index contributed by atoms with van der Waals surface area (Å²) in [6, 6.07) is 10.0. The number of halogens is 1. The minimum absolute atomic E-state index is 0.125. The number of phenolic OH excluding ortho intramolecular Hbond substituents is 1. The summed E-state index contributed by atoms with van der Waals surface area (Å²) in [5.41, 5.74) is 3.52. The Kier molecular flexibility index (Phi) is 6.06. The Hall–Kier alpha value is -3.19. The van der Waals surface area contributed by atoms with Crippen molar-refractivity contribution in [1.29, 1.82) is 0 Å². The Bertz CT molecular complexity index is 1030. The normalized spacial score (nSPS) is 11.1. The maximum atomic E-state index is 12.3. The number of hydrazone groups is 1. The third kappa shape index (κ3) is 4.37. The van der Waals surface area contributed by atoms with Crippen LogP contribution in [0.4, 0.5) is 0 Å². The highest BCUT2D eigenvalue weighted by Gasteiger charge is 2.13. The molecule has 0 aliphatic heterocycles. The molecule has 0 saturated carbocycles. The van der Waals surface area contributed by atoms with Crippen LogP contribution in [0, 0.1) is 0 Å². The summed E-state index contributed by atoms with van der Waals surface area (Å²) in [5, 5.41) is 14.6. The van der Waals surface area contributed by atoms with Crippen LogP contribution in [0.5, 0.6) is 17.2 Å². The molecule has 0 bridgehead atoms. The molecule has 0 unspecified atom stereocenters. The molecule has 2 N–H and O–H groups in total. The molecule has 8 heteroatoms. The zero-order valence-electron chi connectivity index (χ0n) is 15.4. The molecule has 0 spiro atoms. The molecule has 0 aliphatic rings. The van der Waals surface area contributed by atoms with Crippen molar-refractivity contribution < 1.29 is 23.8 Å². The topological polar surface area (TPSA) is 93.3 Å². The molecule has 7 nitrogen and oxygen atoms in total. The second-order valence-corrected chi connectivity index (χ2v) is 6.13. The van der Waals surface area contributed by atoms with Gasteiger partial charge in [0.2, 0.25) is 0 Å². The molecule has 2 aromatic carbocycles. The fourth-order valence-corrected chi connectivity index (χ4v) is 2.76. The van der Waals surface area contributed by atoms with Crippen LogP contribution < -0.4 is 14.9 Å². The standard InChI is InChI=1S/C20H19ClN2O5/c1-3-26-14-5-6-16-13(9-14)10-18(28-16)20(25)23-22-11-12-7-15(21)19(24)17(8-12)27-4-2/h5-11,24H,3-4H2,1-2H3,(H,23,25)/b22-11+. The summed E-state index contributed by atoms with van der Waals surface area (Å²) in [4.78, 5) is 12.3. The van der Waals surface area contributed by atoms with Crippen molar-refractivity contribution in [3.63, 3.8) is 0 Å². The Morgan fingerprint density at radius 1 is 1.21 bits per heavy atom. The van der Waals surface area contributed by atoms with Crippen LogP contribution >= 0.6 is 11.6 Å². The van der Waals surface area contributed by atoms with E-state index in [0.717, 1.165) is 5.39 Å². The molecule has 1 amide bonds. The SMILES string of the molecule is CCOc1ccc2oc(C(=O)N/N=C/c3cc(Cl)c(O)c(OCC)c3)cc2c1. The van der Waals surface area contributed by atoms with Crippen LogP contribution in [0.3, 0.4) is 0 Å². The highest BCUT2D eigenvalue weighted by atomic mass is 35.5. The fourth-order valence-electron chi connectivity index (χ4n) is 2.54. The lowest BCUT2D eigenvalue weighted by molar-refractivity contribution is 0.0929. The molecule has 1 heterocycles. The average molecular weight is 403 g/mol. The molecule has 0 atom stereocenters. The van der Waals surface area contributed by atoms with Gasteiger partial charge in [0.15, 0.2) is 17.3 Å². The Morgan fingerprint density at radius 3 is 2.75 bits per heavy atom. The van der Waals surface area contributed by atoms with Gasteiger partial charge in [-0.25, -0.2) is 5.43 Å². The number of nitrogens with one attached hydrogen (secondary N) is 1. The molecule has 3 rings (SSSR count). The molecule has 146 valence electrons. The summed E-state index contributed by atoms with van der Waals surface area (Å²) >= 11 is 5.97. The van der Waals surface area contributed by atoms with Crippen LogP contribution in [-0.2, 0) is 0 Å². The number of furan rings is 1. The smallest absolute Gasteiger partial charge is 0.307 e. The van der Waals surface area contributed by atoms with Crippen LogP contribution in [0.1, 0.15) is 30.0 Å². The first-order valence-electron chi connectivity index (χ1n) is 8.67. The number of hydrogen-bond donors (Lipinski definition) is 2. The highest BCUT2D eigenvalue weighted by molar-refractivity contribution is 6.32. The second-order valence-electron chi connectivity index (χ2n) is 5.72. The molecular weight excluding hydrogens is 384 g/mol. The van der Waals surface area contributed by atoms with Crippen molar-refractivity contribution in [2.24, 2.45) is 5.10 Å². The zero-order valence-corrected chi connectivity index (χ0v) is 16.1. The van der Waals surface area contributed by atoms with Crippen molar-refractivity contribution in [1.82, 2.24) is 5.43 Å². The number of rotatable bonds is 7. The maximum absolute atomic E-state index is 12.3. The number of carbonyl (C=O) groups excluding carboxylic acids is 1. The van der Waals surface area contributed by atoms with E-state index in [1.54, 1.807) is 37.3 Å². The van der Waals surface area contributed by atoms with E-state index in [0.29, 0.717) is 30.1 Å². The average Bonchev–Trinajstić information content (AvgIpc) is 3.09. The first kappa shape index (κ1) is 19.6. The van der Waals surface area contributed by atoms with Gasteiger partial charge in [0.05, 0.1) is 24.5 Å². The minimum Gasteiger partial charge on any atom is -0.503 e. The van der Waals surface area contributed by atoms with Gasteiger partial charge in [0.1, 0.15) is 11.3 Å². The van der Waals surface area contributed by atoms with Gasteiger partial charge in [-0.05, 0) is 55.8 Å². The van der Waals surface area contributed by atoms with Gasteiger partial charge in [-0.3, -0.25) is 4.79 Å². The summed E-state index contributed by atoms with van der Waals surface area (Å²) in [5.74, 6) is 0.429. The van der Waals surface area contributed by atoms with E-state index in [1.807, 2.05) is 6.92 Å². The van der Waals surface area contributed by atoms with Crippen LogP contribution in [0.15, 0.2) is 45.9 Å². The van der Waals surface area contributed by atoms with E-state index < -0.39 is 5.91 Å². The van der Waals surface area contributed by atoms with Gasteiger partial charge in [0, 0.05) is 5.39 Å². The number of aromatic hydroxyl groups is 1. The van der Waals surface area contributed by atoms with E-state index in [4.69, 9.17) is 25.5 Å². The first-order valence-corrected chi connectivity index (χ1v) is 9.04. The Labute approximate surface area is 166 Å². The van der Waals surface area contributed by atoms with Gasteiger partial charge in [0.25, 0.3) is 0 Å². The summed E-state index contributed by atoms with van der Waals surface area (Å²) < 4.78 is 16.3. The van der Waals surface area contributed by atoms with Crippen molar-refractivity contribution in [3.8, 4) is 17.2 Å². The number of nitrogens with zero attached hydrogens (tertiary/aromatic N) is 1. The number of phenols is 1. The van der Waals surface area contributed by atoms with E-state index in [1.165, 1.54) is 12.3 Å². The predicted molar refractivity (Wildman–Crippen MR) is 107 cm³/mol. The Morgan fingerprint density at radius 2 is 2.00 bits per heavy atom. The highest BCUT2D eigenvalue weighted by Crippen LogP contribution is 2.34. The maximum Gasteiger partial charge on any atom is 0.307 e. The summed E-state index contributed by atoms with van der Waals surface area (Å²) in [6.45, 7) is 4.62. The van der Waals surface area contributed by atoms with E-state index in [9.17, 15) is 9.90 Å². The molecule has 0 aliphatic carbocycles. The number of hydrogen-bond acceptors (Lipinski definition) is 6. The van der Waals surface area contributed by atoms with Crippen molar-refractivity contribution in [2.45, 2.75) is 13.8 Å². The number of fused-ring (bicyclic) bond motifs is 1. The van der Waals surface area contributed by atoms with Gasteiger partial charge >= 0.3 is 5.91 Å². The Balaban J connectivity index is 1.72. The van der Waals surface area contributed by atoms with Crippen LogP contribution in [0.25, 0.3) is 11.0 Å². The molecule has 0 radical (unpaired) electrons. The van der Waals surface area contributed by atoms with E-state index >= 15 is 0 Å². The second kappa shape index (κ2) is 8.67. The lowest BCUT2D eigenvalue weighted by Gasteiger charge is -2.08. The largest absolute Gasteiger partial charge is 0.503 e. The van der Waals surface area contributed by atoms with Gasteiger partial charge in [-0.1, -0.05) is 11.6 Å². The van der Waals surface area contributed by atoms with Crippen LogP contribution in [0.2, 0.25) is 5.02 Å². The number of amides is 1. The fraction of sp³-hybridized carbons (Fsp3) is 0.200. The van der Waals surface area contributed by atoms with Crippen LogP contribution in [-0.4, -0.2) is 30.4 Å². The third-order valence-electron chi connectivity index (χ3n) is 3.75. The van der Waals surface area contributed by atoms with E-state index in [-0.39, 0.29) is 22.3 Å². The van der Waals surface area contributed by atoms with Crippen molar-refractivity contribution in [2.75, 3.05) is 13.2 Å². The lowest BCUT2D eigenvalue weighted by Crippen LogP contribution is -2.16. The minimum atomic E-state index is -0.500. The first-order chi connectivity index (χ1) is 13.5. The number of carbonyl (C=O) groups is 1. The quantitative estimate of drug-likeness (QED) is 0.452. The summed E-state index contributed by atoms with van der Waals surface area (Å²) in [7, 11) is 0. The molecule has 28 heavy (non-hydrogen) atoms. The molecular formula is C20H19ClN2O5. The van der Waals surface area contributed by atoms with Gasteiger partial charge < -0.3 is 19.0 Å². The zero-order chi connectivity index (χ0) is 20.1. The van der Waals surface area contributed by atoms with E-state index in [2.05, 4.69) is 10.5 Å². The number of ether oxygens (including phenoxy) is 2. The van der Waals surface area contributed by atoms with Crippen molar-refractivity contribution >= 4 is 34.7 Å². The molecule has 3 aromatic rings. The molecule has 0 fully saturated rings.